The predicted octanol–water partition coefficient (Wildman–Crippen LogP) is 5.82. The second-order valence-electron chi connectivity index (χ2n) is 8.19. The minimum absolute atomic E-state index is 0.141. The van der Waals surface area contributed by atoms with Crippen molar-refractivity contribution in [2.45, 2.75) is 90.0 Å². The van der Waals surface area contributed by atoms with E-state index in [2.05, 4.69) is 42.3 Å². The lowest BCUT2D eigenvalue weighted by Crippen LogP contribution is -2.31. The molecule has 0 bridgehead atoms. The van der Waals surface area contributed by atoms with E-state index in [1.165, 1.54) is 47.9 Å². The summed E-state index contributed by atoms with van der Waals surface area (Å²) in [6.07, 6.45) is 8.26. The summed E-state index contributed by atoms with van der Waals surface area (Å²) in [7, 11) is 0. The van der Waals surface area contributed by atoms with Gasteiger partial charge in [0.2, 0.25) is 0 Å². The van der Waals surface area contributed by atoms with Crippen LogP contribution in [0.4, 0.5) is 0 Å². The van der Waals surface area contributed by atoms with E-state index in [0.29, 0.717) is 6.61 Å². The summed E-state index contributed by atoms with van der Waals surface area (Å²) in [5.41, 5.74) is 2.20. The first-order valence-electron chi connectivity index (χ1n) is 10.5. The van der Waals surface area contributed by atoms with E-state index < -0.39 is 0 Å². The maximum atomic E-state index is 6.02. The molecule has 28 heavy (non-hydrogen) atoms. The van der Waals surface area contributed by atoms with Crippen LogP contribution in [0.5, 0.6) is 0 Å². The summed E-state index contributed by atoms with van der Waals surface area (Å²) in [4.78, 5) is 7.39. The van der Waals surface area contributed by atoms with Crippen LogP contribution in [0.25, 0.3) is 15.9 Å². The van der Waals surface area contributed by atoms with E-state index in [1.54, 1.807) is 11.3 Å². The number of aryl methyl sites for hydroxylation is 1. The van der Waals surface area contributed by atoms with Crippen molar-refractivity contribution in [3.8, 4) is 0 Å². The van der Waals surface area contributed by atoms with Crippen LogP contribution in [0.1, 0.15) is 76.1 Å². The Kier molecular flexibility index (Phi) is 5.95. The highest BCUT2D eigenvalue weighted by atomic mass is 32.2. The van der Waals surface area contributed by atoms with E-state index in [4.69, 9.17) is 9.72 Å². The van der Waals surface area contributed by atoms with Crippen molar-refractivity contribution in [3.05, 3.63) is 16.3 Å². The molecule has 0 saturated heterocycles. The molecule has 152 valence electrons. The number of thioether (sulfide) groups is 1. The molecule has 7 heteroatoms. The van der Waals surface area contributed by atoms with Gasteiger partial charge in [0, 0.05) is 23.5 Å². The molecule has 0 saturated carbocycles. The number of hydrogen-bond acceptors (Lipinski definition) is 6. The minimum atomic E-state index is -0.141. The maximum Gasteiger partial charge on any atom is 0.197 e. The molecule has 4 heterocycles. The fourth-order valence-electron chi connectivity index (χ4n) is 3.88. The number of fused-ring (bicyclic) bond motifs is 5. The standard InChI is InChI=1S/C21H30N4OS2/c1-5-7-8-9-10-11-27-20-24-23-18-17-14-12-21(3,4)26-13-15(14)28-19(17)22-16(6-2)25(18)20/h5-13H2,1-4H3. The molecule has 0 fully saturated rings. The smallest absolute Gasteiger partial charge is 0.197 e. The van der Waals surface area contributed by atoms with Gasteiger partial charge in [0.1, 0.15) is 10.7 Å². The monoisotopic (exact) mass is 418 g/mol. The van der Waals surface area contributed by atoms with Crippen LogP contribution in [0.3, 0.4) is 0 Å². The summed E-state index contributed by atoms with van der Waals surface area (Å²) in [5.74, 6) is 2.15. The van der Waals surface area contributed by atoms with Crippen molar-refractivity contribution < 1.29 is 4.74 Å². The second-order valence-corrected chi connectivity index (χ2v) is 10.3. The van der Waals surface area contributed by atoms with Crippen LogP contribution in [-0.2, 0) is 24.2 Å². The van der Waals surface area contributed by atoms with Gasteiger partial charge in [0.15, 0.2) is 10.8 Å². The highest BCUT2D eigenvalue weighted by molar-refractivity contribution is 7.99. The number of aromatic nitrogens is 4. The summed E-state index contributed by atoms with van der Waals surface area (Å²) >= 11 is 3.58. The Morgan fingerprint density at radius 1 is 1.14 bits per heavy atom. The molecule has 0 unspecified atom stereocenters. The summed E-state index contributed by atoms with van der Waals surface area (Å²) < 4.78 is 8.23. The van der Waals surface area contributed by atoms with Crippen LogP contribution >= 0.6 is 23.1 Å². The first-order chi connectivity index (χ1) is 13.5. The molecule has 1 aliphatic rings. The van der Waals surface area contributed by atoms with E-state index in [9.17, 15) is 0 Å². The molecular weight excluding hydrogens is 388 g/mol. The number of rotatable bonds is 8. The lowest BCUT2D eigenvalue weighted by atomic mass is 9.94. The van der Waals surface area contributed by atoms with E-state index in [-0.39, 0.29) is 5.60 Å². The molecule has 1 aliphatic heterocycles. The fraction of sp³-hybridized carbons (Fsp3) is 0.667. The minimum Gasteiger partial charge on any atom is -0.370 e. The SMILES string of the molecule is CCCCCCCSc1nnc2c3c4c(sc3nc(CC)n12)COC(C)(C)C4. The van der Waals surface area contributed by atoms with Crippen molar-refractivity contribution >= 4 is 39.0 Å². The first-order valence-corrected chi connectivity index (χ1v) is 12.3. The molecular formula is C21H30N4OS2. The molecule has 3 aromatic rings. The lowest BCUT2D eigenvalue weighted by molar-refractivity contribution is -0.0379. The second kappa shape index (κ2) is 8.28. The number of ether oxygens (including phenoxy) is 1. The van der Waals surface area contributed by atoms with Gasteiger partial charge in [0.05, 0.1) is 17.6 Å². The van der Waals surface area contributed by atoms with Crippen LogP contribution in [0.15, 0.2) is 5.16 Å². The topological polar surface area (TPSA) is 52.3 Å². The largest absolute Gasteiger partial charge is 0.370 e. The number of thiophene rings is 1. The number of nitrogens with zero attached hydrogens (tertiary/aromatic N) is 4. The van der Waals surface area contributed by atoms with Gasteiger partial charge in [-0.3, -0.25) is 4.40 Å². The van der Waals surface area contributed by atoms with E-state index in [0.717, 1.165) is 40.1 Å². The number of hydrogen-bond donors (Lipinski definition) is 0. The first kappa shape index (κ1) is 20.1. The molecule has 0 radical (unpaired) electrons. The molecule has 0 atom stereocenters. The molecule has 0 amide bonds. The van der Waals surface area contributed by atoms with Gasteiger partial charge in [-0.2, -0.15) is 0 Å². The van der Waals surface area contributed by atoms with Gasteiger partial charge in [-0.25, -0.2) is 4.98 Å². The third-order valence-electron chi connectivity index (χ3n) is 5.41. The third-order valence-corrected chi connectivity index (χ3v) is 7.52. The van der Waals surface area contributed by atoms with Crippen molar-refractivity contribution in [2.75, 3.05) is 5.75 Å². The van der Waals surface area contributed by atoms with Gasteiger partial charge in [0.25, 0.3) is 0 Å². The molecule has 0 spiro atoms. The van der Waals surface area contributed by atoms with Crippen molar-refractivity contribution in [1.82, 2.24) is 19.6 Å². The zero-order chi connectivity index (χ0) is 19.7. The summed E-state index contributed by atoms with van der Waals surface area (Å²) in [6, 6.07) is 0. The fourth-order valence-corrected chi connectivity index (χ4v) is 5.95. The predicted molar refractivity (Wildman–Crippen MR) is 118 cm³/mol. The summed E-state index contributed by atoms with van der Waals surface area (Å²) in [5, 5.41) is 11.4. The van der Waals surface area contributed by atoms with Gasteiger partial charge in [-0.1, -0.05) is 51.3 Å². The van der Waals surface area contributed by atoms with Crippen LogP contribution in [-0.4, -0.2) is 30.9 Å². The number of unbranched alkanes of at least 4 members (excludes halogenated alkanes) is 4. The quantitative estimate of drug-likeness (QED) is 0.341. The highest BCUT2D eigenvalue weighted by Gasteiger charge is 2.31. The molecule has 0 aromatic carbocycles. The van der Waals surface area contributed by atoms with Crippen molar-refractivity contribution in [1.29, 1.82) is 0 Å². The Balaban J connectivity index is 1.68. The van der Waals surface area contributed by atoms with Gasteiger partial charge >= 0.3 is 0 Å². The zero-order valence-electron chi connectivity index (χ0n) is 17.4. The summed E-state index contributed by atoms with van der Waals surface area (Å²) in [6.45, 7) is 9.41. The molecule has 0 N–H and O–H groups in total. The van der Waals surface area contributed by atoms with Gasteiger partial charge in [-0.15, -0.1) is 21.5 Å². The van der Waals surface area contributed by atoms with Crippen LogP contribution in [0, 0.1) is 0 Å². The van der Waals surface area contributed by atoms with Gasteiger partial charge < -0.3 is 4.74 Å². The van der Waals surface area contributed by atoms with Crippen LogP contribution in [0.2, 0.25) is 0 Å². The Labute approximate surface area is 175 Å². The average molecular weight is 419 g/mol. The van der Waals surface area contributed by atoms with Crippen molar-refractivity contribution in [3.63, 3.8) is 0 Å². The van der Waals surface area contributed by atoms with E-state index in [1.807, 2.05) is 11.8 Å². The Morgan fingerprint density at radius 3 is 2.75 bits per heavy atom. The zero-order valence-corrected chi connectivity index (χ0v) is 19.0. The lowest BCUT2D eigenvalue weighted by Gasteiger charge is -2.30. The molecule has 5 nitrogen and oxygen atoms in total. The normalized spacial score (nSPS) is 16.1. The Morgan fingerprint density at radius 2 is 1.96 bits per heavy atom. The third kappa shape index (κ3) is 3.81. The highest BCUT2D eigenvalue weighted by Crippen LogP contribution is 2.40. The molecule has 0 aliphatic carbocycles. The van der Waals surface area contributed by atoms with Crippen LogP contribution < -0.4 is 0 Å². The maximum absolute atomic E-state index is 6.02. The Hall–Kier alpha value is -1.18. The van der Waals surface area contributed by atoms with Crippen molar-refractivity contribution in [2.24, 2.45) is 0 Å². The molecule has 3 aromatic heterocycles. The van der Waals surface area contributed by atoms with Gasteiger partial charge in [-0.05, 0) is 25.8 Å². The van der Waals surface area contributed by atoms with E-state index >= 15 is 0 Å². The average Bonchev–Trinajstić information content (AvgIpc) is 3.24. The Bertz CT molecular complexity index is 976. The molecule has 4 rings (SSSR count).